The zero-order chi connectivity index (χ0) is 34.2. The fourth-order valence-electron chi connectivity index (χ4n) is 9.11. The first-order valence-electron chi connectivity index (χ1n) is 17.9. The number of benzene rings is 8. The van der Waals surface area contributed by atoms with Gasteiger partial charge in [-0.3, -0.25) is 4.98 Å². The highest BCUT2D eigenvalue weighted by Gasteiger charge is 2.47. The average molecular weight is 678 g/mol. The molecular formula is C50H31NS. The molecule has 11 rings (SSSR count). The topological polar surface area (TPSA) is 12.9 Å². The number of thiophene rings is 1. The van der Waals surface area contributed by atoms with Gasteiger partial charge in [0.05, 0.1) is 5.41 Å². The van der Waals surface area contributed by atoms with Crippen LogP contribution in [0.15, 0.2) is 188 Å². The highest BCUT2D eigenvalue weighted by atomic mass is 32.1. The quantitative estimate of drug-likeness (QED) is 0.181. The van der Waals surface area contributed by atoms with Crippen molar-refractivity contribution in [2.24, 2.45) is 0 Å². The second-order valence-electron chi connectivity index (χ2n) is 13.8. The monoisotopic (exact) mass is 677 g/mol. The third-order valence-electron chi connectivity index (χ3n) is 11.3. The van der Waals surface area contributed by atoms with Crippen molar-refractivity contribution in [2.75, 3.05) is 0 Å². The molecule has 0 atom stereocenters. The lowest BCUT2D eigenvalue weighted by Crippen LogP contribution is -2.28. The summed E-state index contributed by atoms with van der Waals surface area (Å²) in [5, 5.41) is 7.67. The van der Waals surface area contributed by atoms with E-state index in [1.54, 1.807) is 0 Å². The van der Waals surface area contributed by atoms with Gasteiger partial charge in [0.1, 0.15) is 0 Å². The predicted octanol–water partition coefficient (Wildman–Crippen LogP) is 13.5. The van der Waals surface area contributed by atoms with Crippen LogP contribution < -0.4 is 0 Å². The number of nitrogens with zero attached hydrogens (tertiary/aromatic N) is 1. The van der Waals surface area contributed by atoms with Crippen molar-refractivity contribution < 1.29 is 0 Å². The largest absolute Gasteiger partial charge is 0.264 e. The summed E-state index contributed by atoms with van der Waals surface area (Å²) in [6.45, 7) is 0. The van der Waals surface area contributed by atoms with Gasteiger partial charge in [0, 0.05) is 49.3 Å². The van der Waals surface area contributed by atoms with Crippen molar-refractivity contribution in [3.05, 3.63) is 211 Å². The van der Waals surface area contributed by atoms with E-state index in [0.717, 1.165) is 0 Å². The van der Waals surface area contributed by atoms with Crippen LogP contribution in [0.3, 0.4) is 0 Å². The van der Waals surface area contributed by atoms with E-state index in [1.807, 2.05) is 17.5 Å². The van der Waals surface area contributed by atoms with E-state index in [9.17, 15) is 0 Å². The highest BCUT2D eigenvalue weighted by Crippen LogP contribution is 2.59. The lowest BCUT2D eigenvalue weighted by molar-refractivity contribution is 0.768. The number of aromatic nitrogens is 1. The van der Waals surface area contributed by atoms with Crippen molar-refractivity contribution in [1.29, 1.82) is 0 Å². The third-order valence-corrected chi connectivity index (χ3v) is 12.5. The van der Waals surface area contributed by atoms with Crippen LogP contribution in [0.5, 0.6) is 0 Å². The fraction of sp³-hybridized carbons (Fsp3) is 0.0200. The molecule has 2 heteroatoms. The average Bonchev–Trinajstić information content (AvgIpc) is 3.75. The van der Waals surface area contributed by atoms with Crippen LogP contribution in [0.25, 0.3) is 75.1 Å². The Hall–Kier alpha value is -6.35. The van der Waals surface area contributed by atoms with E-state index in [0.29, 0.717) is 0 Å². The molecule has 2 aromatic heterocycles. The maximum absolute atomic E-state index is 4.72. The van der Waals surface area contributed by atoms with Gasteiger partial charge in [-0.25, -0.2) is 0 Å². The summed E-state index contributed by atoms with van der Waals surface area (Å²) in [7, 11) is 0. The number of rotatable bonds is 4. The van der Waals surface area contributed by atoms with Gasteiger partial charge in [0.2, 0.25) is 0 Å². The highest BCUT2D eigenvalue weighted by molar-refractivity contribution is 7.27. The third kappa shape index (κ3) is 4.01. The summed E-state index contributed by atoms with van der Waals surface area (Å²) in [6.07, 6.45) is 4.05. The van der Waals surface area contributed by atoms with Gasteiger partial charge in [0.25, 0.3) is 0 Å². The molecule has 0 radical (unpaired) electrons. The Labute approximate surface area is 306 Å². The summed E-state index contributed by atoms with van der Waals surface area (Å²) < 4.78 is 2.64. The molecule has 8 aromatic carbocycles. The Morgan fingerprint density at radius 2 is 0.923 bits per heavy atom. The summed E-state index contributed by atoms with van der Waals surface area (Å²) >= 11 is 1.93. The Kier molecular flexibility index (Phi) is 6.40. The van der Waals surface area contributed by atoms with Gasteiger partial charge in [-0.15, -0.1) is 11.3 Å². The van der Waals surface area contributed by atoms with Crippen molar-refractivity contribution >= 4 is 53.1 Å². The maximum Gasteiger partial charge on any atom is 0.0715 e. The number of fused-ring (bicyclic) bond motifs is 9. The van der Waals surface area contributed by atoms with Crippen LogP contribution >= 0.6 is 11.3 Å². The van der Waals surface area contributed by atoms with Crippen LogP contribution in [-0.2, 0) is 5.41 Å². The second-order valence-corrected chi connectivity index (χ2v) is 14.8. The molecule has 1 aliphatic carbocycles. The normalized spacial score (nSPS) is 13.2. The van der Waals surface area contributed by atoms with Crippen molar-refractivity contribution in [2.45, 2.75) is 5.41 Å². The number of hydrogen-bond donors (Lipinski definition) is 0. The summed E-state index contributed by atoms with van der Waals surface area (Å²) in [5.41, 5.74) is 12.3. The number of pyridine rings is 1. The van der Waals surface area contributed by atoms with Crippen LogP contribution in [0.2, 0.25) is 0 Å². The predicted molar refractivity (Wildman–Crippen MR) is 220 cm³/mol. The molecule has 0 saturated heterocycles. The first-order valence-corrected chi connectivity index (χ1v) is 18.7. The number of hydrogen-bond acceptors (Lipinski definition) is 2. The Morgan fingerprint density at radius 1 is 0.365 bits per heavy atom. The molecule has 0 spiro atoms. The molecule has 0 aliphatic heterocycles. The molecule has 0 saturated carbocycles. The van der Waals surface area contributed by atoms with Gasteiger partial charge in [-0.1, -0.05) is 170 Å². The molecule has 1 aliphatic rings. The fourth-order valence-corrected chi connectivity index (χ4v) is 10.5. The van der Waals surface area contributed by atoms with E-state index in [4.69, 9.17) is 4.98 Å². The van der Waals surface area contributed by atoms with Crippen molar-refractivity contribution in [3.8, 4) is 33.4 Å². The molecule has 52 heavy (non-hydrogen) atoms. The van der Waals surface area contributed by atoms with E-state index < -0.39 is 5.41 Å². The minimum Gasteiger partial charge on any atom is -0.264 e. The van der Waals surface area contributed by atoms with Gasteiger partial charge in [-0.05, 0) is 66.6 Å². The summed E-state index contributed by atoms with van der Waals surface area (Å²) in [4.78, 5) is 4.72. The molecule has 0 unspecified atom stereocenters. The van der Waals surface area contributed by atoms with E-state index in [-0.39, 0.29) is 0 Å². The zero-order valence-corrected chi connectivity index (χ0v) is 29.1. The van der Waals surface area contributed by atoms with E-state index in [2.05, 4.69) is 182 Å². The van der Waals surface area contributed by atoms with Gasteiger partial charge < -0.3 is 0 Å². The van der Waals surface area contributed by atoms with Crippen LogP contribution in [-0.4, -0.2) is 4.98 Å². The minimum atomic E-state index is -0.447. The van der Waals surface area contributed by atoms with Gasteiger partial charge >= 0.3 is 0 Å². The molecular weight excluding hydrogens is 647 g/mol. The lowest BCUT2D eigenvalue weighted by atomic mass is 9.68. The Morgan fingerprint density at radius 3 is 1.67 bits per heavy atom. The molecule has 242 valence electrons. The van der Waals surface area contributed by atoms with Crippen molar-refractivity contribution in [3.63, 3.8) is 0 Å². The zero-order valence-electron chi connectivity index (χ0n) is 28.3. The summed E-state index contributed by atoms with van der Waals surface area (Å²) in [6, 6.07) is 64.8. The molecule has 2 heterocycles. The first kappa shape index (κ1) is 29.4. The standard InChI is InChI=1S/C50H31NS/c1-3-15-33(16-4-1)50(34-17-5-2-6-18-34)45-29-30-51-31-44(45)47-46(50)28-27-43-42-24-12-23-41(48(42)52-49(43)47)40-26-25-39(37-20-9-10-21-38(37)40)36-22-11-14-32-13-7-8-19-35(32)36/h1-31H. The van der Waals surface area contributed by atoms with E-state index in [1.165, 1.54) is 97.4 Å². The molecule has 0 amide bonds. The van der Waals surface area contributed by atoms with E-state index >= 15 is 0 Å². The SMILES string of the molecule is c1ccc(C2(c3ccccc3)c3ccncc3-c3c2ccc2c3sc3c(-c4ccc(-c5cccc6ccccc56)c5ccccc45)cccc32)cc1. The van der Waals surface area contributed by atoms with Crippen molar-refractivity contribution in [1.82, 2.24) is 4.98 Å². The second kappa shape index (κ2) is 11.3. The van der Waals surface area contributed by atoms with Crippen LogP contribution in [0.4, 0.5) is 0 Å². The lowest BCUT2D eigenvalue weighted by Gasteiger charge is -2.33. The summed E-state index contributed by atoms with van der Waals surface area (Å²) in [5.74, 6) is 0. The van der Waals surface area contributed by atoms with Crippen LogP contribution in [0.1, 0.15) is 22.3 Å². The molecule has 0 bridgehead atoms. The Balaban J connectivity index is 1.18. The molecule has 10 aromatic rings. The maximum atomic E-state index is 4.72. The van der Waals surface area contributed by atoms with Gasteiger partial charge in [0.15, 0.2) is 0 Å². The molecule has 0 N–H and O–H groups in total. The molecule has 1 nitrogen and oxygen atoms in total. The molecule has 0 fully saturated rings. The smallest absolute Gasteiger partial charge is 0.0715 e. The Bertz CT molecular complexity index is 2970. The van der Waals surface area contributed by atoms with Crippen LogP contribution in [0, 0.1) is 0 Å². The van der Waals surface area contributed by atoms with Gasteiger partial charge in [-0.2, -0.15) is 0 Å². The minimum absolute atomic E-state index is 0.447. The first-order chi connectivity index (χ1) is 25.8.